The molecule has 1 heterocycles. The zero-order valence-corrected chi connectivity index (χ0v) is 20.5. The second-order valence-corrected chi connectivity index (χ2v) is 7.90. The van der Waals surface area contributed by atoms with Gasteiger partial charge in [-0.2, -0.15) is 0 Å². The largest absolute Gasteiger partial charge is 0.303 e. The summed E-state index contributed by atoms with van der Waals surface area (Å²) in [6, 6.07) is 20.4. The number of likely N-dealkylation sites (N-methyl/N-ethyl adjacent to an activating group) is 1. The zero-order valence-electron chi connectivity index (χ0n) is 17.1. The van der Waals surface area contributed by atoms with Crippen LogP contribution in [-0.4, -0.2) is 49.1 Å². The minimum absolute atomic E-state index is 0. The summed E-state index contributed by atoms with van der Waals surface area (Å²) in [6.45, 7) is 11.8. The fraction of sp³-hybridized carbons (Fsp3) is 0.500. The van der Waals surface area contributed by atoms with Crippen molar-refractivity contribution < 1.29 is 0 Å². The average molecular weight is 510 g/mol. The van der Waals surface area contributed by atoms with E-state index in [2.05, 4.69) is 78.2 Å². The summed E-state index contributed by atoms with van der Waals surface area (Å²) >= 11 is 0. The Balaban J connectivity index is 0.00000140. The van der Waals surface area contributed by atoms with Crippen LogP contribution in [0.5, 0.6) is 0 Å². The van der Waals surface area contributed by atoms with Gasteiger partial charge in [0.15, 0.2) is 0 Å². The first kappa shape index (κ1) is 23.6. The van der Waals surface area contributed by atoms with Crippen LogP contribution in [0, 0.1) is 5.92 Å². The number of nitrogens with zero attached hydrogens (tertiary/aromatic N) is 2. The Kier molecular flexibility index (Phi) is 9.20. The zero-order chi connectivity index (χ0) is 17.9. The Bertz CT molecular complexity index is 718. The molecule has 0 unspecified atom stereocenters. The van der Waals surface area contributed by atoms with Crippen LogP contribution < -0.4 is 0 Å². The Labute approximate surface area is 191 Å². The highest BCUT2D eigenvalue weighted by atomic mass is 79.9. The van der Waals surface area contributed by atoms with Crippen molar-refractivity contribution in [3.8, 4) is 0 Å². The summed E-state index contributed by atoms with van der Waals surface area (Å²) in [5.41, 5.74) is 4.70. The molecule has 0 aromatic heterocycles. The smallest absolute Gasteiger partial charge is 0.0138 e. The van der Waals surface area contributed by atoms with Crippen LogP contribution in [0.25, 0.3) is 0 Å². The van der Waals surface area contributed by atoms with Crippen molar-refractivity contribution in [2.24, 2.45) is 5.92 Å². The Morgan fingerprint density at radius 1 is 0.893 bits per heavy atom. The Hall–Kier alpha value is -0.680. The number of hydrogen-bond acceptors (Lipinski definition) is 2. The van der Waals surface area contributed by atoms with Gasteiger partial charge in [-0.1, -0.05) is 68.4 Å². The summed E-state index contributed by atoms with van der Waals surface area (Å²) in [7, 11) is 0. The third kappa shape index (κ3) is 4.72. The minimum atomic E-state index is 0. The summed E-state index contributed by atoms with van der Waals surface area (Å²) in [4.78, 5) is 5.27. The van der Waals surface area contributed by atoms with Gasteiger partial charge in [-0.05, 0) is 54.6 Å². The maximum atomic E-state index is 2.72. The summed E-state index contributed by atoms with van der Waals surface area (Å²) < 4.78 is 0. The van der Waals surface area contributed by atoms with E-state index >= 15 is 0 Å². The maximum absolute atomic E-state index is 2.72. The van der Waals surface area contributed by atoms with Crippen molar-refractivity contribution in [2.75, 3.05) is 39.3 Å². The molecule has 0 spiro atoms. The normalized spacial score (nSPS) is 23.5. The predicted molar refractivity (Wildman–Crippen MR) is 130 cm³/mol. The van der Waals surface area contributed by atoms with Crippen LogP contribution in [0.4, 0.5) is 0 Å². The Morgan fingerprint density at radius 3 is 2.21 bits per heavy atom. The van der Waals surface area contributed by atoms with E-state index in [1.54, 1.807) is 11.1 Å². The molecule has 0 N–H and O–H groups in total. The molecular formula is C24H34Br2N2. The molecule has 1 fully saturated rings. The Morgan fingerprint density at radius 2 is 1.54 bits per heavy atom. The number of benzene rings is 2. The topological polar surface area (TPSA) is 6.48 Å². The highest BCUT2D eigenvalue weighted by Gasteiger charge is 2.43. The lowest BCUT2D eigenvalue weighted by Gasteiger charge is -2.38. The van der Waals surface area contributed by atoms with Crippen molar-refractivity contribution in [3.05, 3.63) is 71.3 Å². The van der Waals surface area contributed by atoms with Crippen LogP contribution in [0.2, 0.25) is 0 Å². The minimum Gasteiger partial charge on any atom is -0.303 e. The van der Waals surface area contributed by atoms with Gasteiger partial charge in [0.05, 0.1) is 0 Å². The first-order chi connectivity index (χ1) is 12.8. The van der Waals surface area contributed by atoms with Gasteiger partial charge in [0.1, 0.15) is 0 Å². The summed E-state index contributed by atoms with van der Waals surface area (Å²) in [5.74, 6) is 2.02. The molecule has 4 rings (SSSR count). The molecule has 3 atom stereocenters. The summed E-state index contributed by atoms with van der Waals surface area (Å²) in [6.07, 6.45) is 1.31. The van der Waals surface area contributed by atoms with Gasteiger partial charge in [-0.25, -0.2) is 0 Å². The number of hydrogen-bond donors (Lipinski definition) is 0. The van der Waals surface area contributed by atoms with Gasteiger partial charge < -0.3 is 9.80 Å². The van der Waals surface area contributed by atoms with Crippen molar-refractivity contribution >= 4 is 34.0 Å². The van der Waals surface area contributed by atoms with Gasteiger partial charge in [0.2, 0.25) is 0 Å². The van der Waals surface area contributed by atoms with E-state index in [1.165, 1.54) is 38.2 Å². The maximum Gasteiger partial charge on any atom is 0.0138 e. The summed E-state index contributed by atoms with van der Waals surface area (Å²) in [5, 5.41) is 0. The van der Waals surface area contributed by atoms with E-state index in [9.17, 15) is 0 Å². The van der Waals surface area contributed by atoms with Crippen LogP contribution >= 0.6 is 34.0 Å². The molecule has 2 nitrogen and oxygen atoms in total. The molecule has 1 aliphatic heterocycles. The van der Waals surface area contributed by atoms with Crippen molar-refractivity contribution in [3.63, 3.8) is 0 Å². The van der Waals surface area contributed by atoms with Gasteiger partial charge >= 0.3 is 0 Å². The number of fused-ring (bicyclic) bond motifs is 3. The molecule has 2 aromatic carbocycles. The van der Waals surface area contributed by atoms with Gasteiger partial charge in [-0.15, -0.1) is 34.0 Å². The second-order valence-electron chi connectivity index (χ2n) is 7.90. The molecule has 1 saturated heterocycles. The number of halogens is 2. The van der Waals surface area contributed by atoms with E-state index in [0.29, 0.717) is 5.92 Å². The van der Waals surface area contributed by atoms with E-state index in [0.717, 1.165) is 24.9 Å². The van der Waals surface area contributed by atoms with Crippen molar-refractivity contribution in [1.82, 2.24) is 9.80 Å². The van der Waals surface area contributed by atoms with Crippen LogP contribution in [0.15, 0.2) is 54.6 Å². The third-order valence-corrected chi connectivity index (χ3v) is 6.69. The predicted octanol–water partition coefficient (Wildman–Crippen LogP) is 5.74. The fourth-order valence-corrected chi connectivity index (χ4v) is 5.25. The quantitative estimate of drug-likeness (QED) is 0.490. The molecule has 154 valence electrons. The standard InChI is InChI=1S/C24H32N2.2BrH/c1-3-25(4-2)16-17-26-15-14-21-20-12-8-9-13-22(20)24(23(21)18-26)19-10-6-5-7-11-19;;/h5-13,21,23-24H,3-4,14-18H2,1-2H3;2*1H/t21-,23-,24-;;/m0../s1. The molecule has 2 aliphatic rings. The van der Waals surface area contributed by atoms with Crippen LogP contribution in [0.3, 0.4) is 0 Å². The highest BCUT2D eigenvalue weighted by Crippen LogP contribution is 2.52. The second kappa shape index (κ2) is 10.9. The van der Waals surface area contributed by atoms with E-state index in [-0.39, 0.29) is 34.0 Å². The molecule has 4 heteroatoms. The van der Waals surface area contributed by atoms with E-state index < -0.39 is 0 Å². The molecule has 0 amide bonds. The fourth-order valence-electron chi connectivity index (χ4n) is 5.25. The molecule has 0 bridgehead atoms. The van der Waals surface area contributed by atoms with E-state index in [1.807, 2.05) is 0 Å². The lowest BCUT2D eigenvalue weighted by Crippen LogP contribution is -2.43. The van der Waals surface area contributed by atoms with Gasteiger partial charge in [0.25, 0.3) is 0 Å². The van der Waals surface area contributed by atoms with Crippen LogP contribution in [0.1, 0.15) is 48.8 Å². The monoisotopic (exact) mass is 508 g/mol. The molecule has 1 aliphatic carbocycles. The number of piperidine rings is 1. The van der Waals surface area contributed by atoms with Crippen molar-refractivity contribution in [1.29, 1.82) is 0 Å². The van der Waals surface area contributed by atoms with E-state index in [4.69, 9.17) is 0 Å². The molecular weight excluding hydrogens is 476 g/mol. The lowest BCUT2D eigenvalue weighted by molar-refractivity contribution is 0.136. The number of likely N-dealkylation sites (tertiary alicyclic amines) is 1. The van der Waals surface area contributed by atoms with Gasteiger partial charge in [0, 0.05) is 25.6 Å². The molecule has 2 aromatic rings. The first-order valence-corrected chi connectivity index (χ1v) is 10.4. The van der Waals surface area contributed by atoms with Gasteiger partial charge in [-0.3, -0.25) is 0 Å². The number of rotatable bonds is 6. The van der Waals surface area contributed by atoms with Crippen molar-refractivity contribution in [2.45, 2.75) is 32.1 Å². The highest BCUT2D eigenvalue weighted by molar-refractivity contribution is 8.93. The first-order valence-electron chi connectivity index (χ1n) is 10.4. The lowest BCUT2D eigenvalue weighted by atomic mass is 9.79. The molecule has 0 radical (unpaired) electrons. The van der Waals surface area contributed by atoms with Crippen LogP contribution in [-0.2, 0) is 0 Å². The molecule has 0 saturated carbocycles. The average Bonchev–Trinajstić information content (AvgIpc) is 3.03. The SMILES string of the molecule is Br.Br.CCN(CC)CCN1CC[C@H]2c3ccccc3[C@H](c3ccccc3)[C@H]2C1. The molecule has 28 heavy (non-hydrogen) atoms. The third-order valence-electron chi connectivity index (χ3n) is 6.69.